The number of rotatable bonds is 5. The first-order valence-electron chi connectivity index (χ1n) is 10.8. The first-order valence-corrected chi connectivity index (χ1v) is 10.8. The van der Waals surface area contributed by atoms with Crippen molar-refractivity contribution >= 4 is 16.5 Å². The lowest BCUT2D eigenvalue weighted by Crippen LogP contribution is -2.26. The highest BCUT2D eigenvalue weighted by Crippen LogP contribution is 2.44. The highest BCUT2D eigenvalue weighted by Gasteiger charge is 2.35. The molecular weight excluding hydrogens is 447 g/mol. The normalized spacial score (nSPS) is 16.2. The van der Waals surface area contributed by atoms with Crippen molar-refractivity contribution in [3.63, 3.8) is 0 Å². The topological polar surface area (TPSA) is 98.5 Å². The van der Waals surface area contributed by atoms with Gasteiger partial charge in [-0.25, -0.2) is 9.18 Å². The first-order chi connectivity index (χ1) is 16.8. The van der Waals surface area contributed by atoms with E-state index in [1.54, 1.807) is 61.5 Å². The highest BCUT2D eigenvalue weighted by atomic mass is 19.1. The van der Waals surface area contributed by atoms with Crippen molar-refractivity contribution in [2.75, 3.05) is 7.11 Å². The lowest BCUT2D eigenvalue weighted by atomic mass is 9.82. The molecule has 6 nitrogen and oxygen atoms in total. The van der Waals surface area contributed by atoms with Crippen molar-refractivity contribution in [2.45, 2.75) is 19.8 Å². The monoisotopic (exact) mass is 470 g/mol. The third-order valence-electron chi connectivity index (χ3n) is 5.98. The molecule has 0 spiro atoms. The van der Waals surface area contributed by atoms with Gasteiger partial charge in [-0.2, -0.15) is 5.26 Å². The van der Waals surface area contributed by atoms with Crippen LogP contribution in [0.25, 0.3) is 16.5 Å². The van der Waals surface area contributed by atoms with E-state index in [1.165, 1.54) is 14.0 Å². The summed E-state index contributed by atoms with van der Waals surface area (Å²) in [5, 5.41) is 10.5. The Morgan fingerprint density at radius 1 is 1.26 bits per heavy atom. The minimum absolute atomic E-state index is 0.0796. The molecule has 1 aliphatic rings. The molecule has 176 valence electrons. The zero-order chi connectivity index (χ0) is 25.3. The van der Waals surface area contributed by atoms with E-state index in [9.17, 15) is 14.4 Å². The molecule has 0 saturated heterocycles. The Bertz CT molecular complexity index is 1550. The quantitative estimate of drug-likeness (QED) is 0.371. The third-order valence-corrected chi connectivity index (χ3v) is 5.98. The summed E-state index contributed by atoms with van der Waals surface area (Å²) in [4.78, 5) is 13.1. The van der Waals surface area contributed by atoms with Crippen LogP contribution < -0.4 is 20.8 Å². The fourth-order valence-electron chi connectivity index (χ4n) is 4.11. The summed E-state index contributed by atoms with van der Waals surface area (Å²) in [6.45, 7) is 6.88. The van der Waals surface area contributed by atoms with Crippen LogP contribution >= 0.6 is 0 Å². The molecule has 35 heavy (non-hydrogen) atoms. The SMILES string of the molecule is C=C/C(=C\C(C)=C(/C)F)c1cc(C2C(C#N)=C(N)Oc3c2c(=O)oc2ccccc32)ccc1OC. The fourth-order valence-corrected chi connectivity index (χ4v) is 4.11. The molecule has 2 N–H and O–H groups in total. The van der Waals surface area contributed by atoms with E-state index in [1.807, 2.05) is 0 Å². The molecule has 1 aliphatic heterocycles. The van der Waals surface area contributed by atoms with Gasteiger partial charge in [-0.3, -0.25) is 0 Å². The first kappa shape index (κ1) is 23.6. The number of hydrogen-bond donors (Lipinski definition) is 1. The maximum atomic E-state index is 13.8. The van der Waals surface area contributed by atoms with Gasteiger partial charge in [-0.15, -0.1) is 0 Å². The fraction of sp³-hybridized carbons (Fsp3) is 0.143. The molecule has 0 bridgehead atoms. The van der Waals surface area contributed by atoms with Crippen LogP contribution in [0.2, 0.25) is 0 Å². The minimum atomic E-state index is -0.847. The molecule has 1 aromatic heterocycles. The number of nitrogens with two attached hydrogens (primary N) is 1. The van der Waals surface area contributed by atoms with Crippen LogP contribution in [0.3, 0.4) is 0 Å². The van der Waals surface area contributed by atoms with Crippen LogP contribution in [-0.4, -0.2) is 7.11 Å². The second-order valence-corrected chi connectivity index (χ2v) is 8.03. The van der Waals surface area contributed by atoms with Gasteiger partial charge in [0.2, 0.25) is 5.88 Å². The largest absolute Gasteiger partial charge is 0.496 e. The Labute approximate surface area is 201 Å². The van der Waals surface area contributed by atoms with E-state index in [4.69, 9.17) is 19.6 Å². The summed E-state index contributed by atoms with van der Waals surface area (Å²) in [6, 6.07) is 14.3. The molecule has 0 saturated carbocycles. The number of nitrogens with zero attached hydrogens (tertiary/aromatic N) is 1. The Morgan fingerprint density at radius 2 is 2.00 bits per heavy atom. The number of fused-ring (bicyclic) bond motifs is 3. The van der Waals surface area contributed by atoms with Gasteiger partial charge in [-0.05, 0) is 60.9 Å². The molecule has 1 atom stereocenters. The number of ether oxygens (including phenoxy) is 2. The maximum absolute atomic E-state index is 13.8. The Morgan fingerprint density at radius 3 is 2.66 bits per heavy atom. The zero-order valence-electron chi connectivity index (χ0n) is 19.5. The lowest BCUT2D eigenvalue weighted by molar-refractivity contribution is 0.388. The van der Waals surface area contributed by atoms with Gasteiger partial charge in [0.15, 0.2) is 5.75 Å². The molecule has 0 amide bonds. The number of hydrogen-bond acceptors (Lipinski definition) is 6. The van der Waals surface area contributed by atoms with Crippen molar-refractivity contribution in [3.05, 3.63) is 111 Å². The Hall–Kier alpha value is -4.57. The van der Waals surface area contributed by atoms with E-state index in [0.29, 0.717) is 39.0 Å². The molecule has 2 heterocycles. The molecule has 7 heteroatoms. The highest BCUT2D eigenvalue weighted by molar-refractivity contribution is 5.86. The van der Waals surface area contributed by atoms with E-state index >= 15 is 0 Å². The average Bonchev–Trinajstić information content (AvgIpc) is 2.86. The van der Waals surface area contributed by atoms with Crippen molar-refractivity contribution in [3.8, 4) is 17.6 Å². The van der Waals surface area contributed by atoms with Gasteiger partial charge in [-0.1, -0.05) is 30.9 Å². The molecule has 2 aromatic carbocycles. The standard InChI is InChI=1S/C28H23FN2O4/c1-5-17(12-15(2)16(3)29)20-13-18(10-11-22(20)33-4)24-21(14-30)27(31)35-26-19-8-6-7-9-23(19)34-28(32)25(24)26/h5-13,24H,1,31H2,2-4H3/b16-15+,17-12+. The summed E-state index contributed by atoms with van der Waals surface area (Å²) in [7, 11) is 1.52. The number of para-hydroxylation sites is 1. The summed E-state index contributed by atoms with van der Waals surface area (Å²) in [5.74, 6) is -0.506. The summed E-state index contributed by atoms with van der Waals surface area (Å²) in [6.07, 6.45) is 3.24. The van der Waals surface area contributed by atoms with Crippen molar-refractivity contribution in [1.82, 2.24) is 0 Å². The maximum Gasteiger partial charge on any atom is 0.344 e. The average molecular weight is 471 g/mol. The number of benzene rings is 2. The van der Waals surface area contributed by atoms with Gasteiger partial charge in [0.25, 0.3) is 0 Å². The van der Waals surface area contributed by atoms with Crippen LogP contribution in [0.1, 0.15) is 36.5 Å². The predicted octanol–water partition coefficient (Wildman–Crippen LogP) is 5.85. The van der Waals surface area contributed by atoms with Gasteiger partial charge in [0.1, 0.15) is 23.0 Å². The van der Waals surface area contributed by atoms with Gasteiger partial charge < -0.3 is 19.6 Å². The molecule has 1 unspecified atom stereocenters. The van der Waals surface area contributed by atoms with E-state index in [0.717, 1.165) is 0 Å². The van der Waals surface area contributed by atoms with Crippen molar-refractivity contribution in [2.24, 2.45) is 5.73 Å². The Kier molecular flexibility index (Phi) is 6.30. The van der Waals surface area contributed by atoms with E-state index in [2.05, 4.69) is 12.6 Å². The van der Waals surface area contributed by atoms with E-state index < -0.39 is 11.5 Å². The smallest absolute Gasteiger partial charge is 0.344 e. The molecule has 4 rings (SSSR count). The van der Waals surface area contributed by atoms with Gasteiger partial charge in [0, 0.05) is 5.56 Å². The zero-order valence-corrected chi connectivity index (χ0v) is 19.5. The number of methoxy groups -OCH3 is 1. The number of allylic oxidation sites excluding steroid dienone is 6. The van der Waals surface area contributed by atoms with Crippen LogP contribution in [-0.2, 0) is 0 Å². The number of halogens is 1. The van der Waals surface area contributed by atoms with Crippen LogP contribution in [0.5, 0.6) is 11.5 Å². The molecular formula is C28H23FN2O4. The van der Waals surface area contributed by atoms with Crippen LogP contribution in [0.15, 0.2) is 93.3 Å². The lowest BCUT2D eigenvalue weighted by Gasteiger charge is -2.26. The second-order valence-electron chi connectivity index (χ2n) is 8.03. The molecule has 3 aromatic rings. The van der Waals surface area contributed by atoms with Crippen molar-refractivity contribution in [1.29, 1.82) is 5.26 Å². The van der Waals surface area contributed by atoms with Crippen LogP contribution in [0, 0.1) is 11.3 Å². The summed E-state index contributed by atoms with van der Waals surface area (Å²) >= 11 is 0. The minimum Gasteiger partial charge on any atom is -0.496 e. The number of nitriles is 1. The molecule has 0 aliphatic carbocycles. The Balaban J connectivity index is 2.02. The third kappa shape index (κ3) is 4.11. The predicted molar refractivity (Wildman–Crippen MR) is 132 cm³/mol. The van der Waals surface area contributed by atoms with Gasteiger partial charge >= 0.3 is 5.63 Å². The van der Waals surface area contributed by atoms with Crippen LogP contribution in [0.4, 0.5) is 4.39 Å². The van der Waals surface area contributed by atoms with E-state index in [-0.39, 0.29) is 28.6 Å². The van der Waals surface area contributed by atoms with Gasteiger partial charge in [0.05, 0.1) is 29.8 Å². The molecule has 0 fully saturated rings. The molecule has 0 radical (unpaired) electrons. The second kappa shape index (κ2) is 9.35. The summed E-state index contributed by atoms with van der Waals surface area (Å²) < 4.78 is 30.7. The summed E-state index contributed by atoms with van der Waals surface area (Å²) in [5.41, 5.74) is 8.34. The van der Waals surface area contributed by atoms with Crippen molar-refractivity contribution < 1.29 is 18.3 Å².